The minimum atomic E-state index is -0.658. The Bertz CT molecular complexity index is 1220. The number of hydrogen-bond acceptors (Lipinski definition) is 5. The molecule has 0 fully saturated rings. The molecule has 0 rings (SSSR count). The average molecular weight is 1140 g/mol. The molecule has 0 aromatic heterocycles. The lowest BCUT2D eigenvalue weighted by atomic mass is 10.0. The second kappa shape index (κ2) is 71.1. The summed E-state index contributed by atoms with van der Waals surface area (Å²) in [5.41, 5.74) is 0. The van der Waals surface area contributed by atoms with Crippen molar-refractivity contribution in [3.63, 3.8) is 0 Å². The van der Waals surface area contributed by atoms with Crippen LogP contribution in [0.3, 0.4) is 0 Å². The van der Waals surface area contributed by atoms with E-state index in [2.05, 4.69) is 31.3 Å². The fourth-order valence-corrected chi connectivity index (χ4v) is 12.1. The van der Waals surface area contributed by atoms with Gasteiger partial charge >= 0.3 is 5.97 Å². The first-order valence-corrected chi connectivity index (χ1v) is 37.4. The number of nitrogens with one attached hydrogen (secondary N) is 1. The minimum absolute atomic E-state index is 0.0268. The minimum Gasteiger partial charge on any atom is -0.466 e. The fraction of sp³-hybridized carbons (Fsp3) is 0.947. The van der Waals surface area contributed by atoms with Gasteiger partial charge in [-0.1, -0.05) is 379 Å². The summed E-state index contributed by atoms with van der Waals surface area (Å²) in [6.07, 6.45) is 88.8. The standard InChI is InChI=1S/C75H147NO5/c1-3-5-7-9-11-13-14-15-16-17-40-43-46-49-53-57-61-65-69-75(80)81-70-66-62-58-54-50-47-44-41-38-36-34-32-30-28-26-24-22-20-18-19-21-23-25-27-29-31-33-35-37-39-42-45-48-52-56-60-64-68-74(79)76-72(71-77)73(78)67-63-59-55-51-12-10-8-6-4-2/h18,20,72-73,77-78H,3-17,19,21-71H2,1-2H3,(H,76,79)/b20-18-. The quantitative estimate of drug-likeness (QED) is 0.0320. The first-order valence-electron chi connectivity index (χ1n) is 37.4. The van der Waals surface area contributed by atoms with Crippen molar-refractivity contribution in [3.8, 4) is 0 Å². The molecule has 0 spiro atoms. The Balaban J connectivity index is 3.28. The van der Waals surface area contributed by atoms with Crippen molar-refractivity contribution >= 4 is 11.9 Å². The molecule has 0 radical (unpaired) electrons. The number of amides is 1. The largest absolute Gasteiger partial charge is 0.466 e. The number of allylic oxidation sites excluding steroid dienone is 2. The third-order valence-corrected chi connectivity index (χ3v) is 17.8. The number of esters is 1. The third kappa shape index (κ3) is 67.6. The molecule has 482 valence electrons. The van der Waals surface area contributed by atoms with Gasteiger partial charge in [-0.05, 0) is 51.4 Å². The topological polar surface area (TPSA) is 95.9 Å². The van der Waals surface area contributed by atoms with E-state index >= 15 is 0 Å². The van der Waals surface area contributed by atoms with E-state index in [0.717, 1.165) is 38.5 Å². The van der Waals surface area contributed by atoms with E-state index in [1.807, 2.05) is 0 Å². The predicted octanol–water partition coefficient (Wildman–Crippen LogP) is 24.3. The van der Waals surface area contributed by atoms with Crippen molar-refractivity contribution < 1.29 is 24.5 Å². The molecule has 0 aromatic carbocycles. The average Bonchev–Trinajstić information content (AvgIpc) is 3.47. The Morgan fingerprint density at radius 3 is 0.877 bits per heavy atom. The molecule has 2 unspecified atom stereocenters. The monoisotopic (exact) mass is 1140 g/mol. The zero-order valence-corrected chi connectivity index (χ0v) is 55.3. The highest BCUT2D eigenvalue weighted by atomic mass is 16.5. The maximum absolute atomic E-state index is 12.4. The van der Waals surface area contributed by atoms with Crippen molar-refractivity contribution in [2.45, 2.75) is 443 Å². The van der Waals surface area contributed by atoms with Crippen LogP contribution in [-0.4, -0.2) is 47.4 Å². The first kappa shape index (κ1) is 79.6. The number of ether oxygens (including phenoxy) is 1. The molecule has 1 amide bonds. The lowest BCUT2D eigenvalue weighted by Crippen LogP contribution is -2.45. The van der Waals surface area contributed by atoms with Gasteiger partial charge in [-0.15, -0.1) is 0 Å². The van der Waals surface area contributed by atoms with E-state index in [1.165, 1.54) is 360 Å². The second-order valence-electron chi connectivity index (χ2n) is 26.0. The lowest BCUT2D eigenvalue weighted by molar-refractivity contribution is -0.143. The van der Waals surface area contributed by atoms with Gasteiger partial charge in [0.15, 0.2) is 0 Å². The van der Waals surface area contributed by atoms with Crippen molar-refractivity contribution in [1.82, 2.24) is 5.32 Å². The Morgan fingerprint density at radius 1 is 0.333 bits per heavy atom. The summed E-state index contributed by atoms with van der Waals surface area (Å²) in [5, 5.41) is 23.2. The van der Waals surface area contributed by atoms with Crippen LogP contribution >= 0.6 is 0 Å². The van der Waals surface area contributed by atoms with E-state index in [0.29, 0.717) is 25.9 Å². The molecule has 0 heterocycles. The number of aliphatic hydroxyl groups excluding tert-OH is 2. The van der Waals surface area contributed by atoms with Gasteiger partial charge in [0.2, 0.25) is 5.91 Å². The molecule has 0 saturated heterocycles. The van der Waals surface area contributed by atoms with Crippen LogP contribution in [0.1, 0.15) is 431 Å². The van der Waals surface area contributed by atoms with Crippen molar-refractivity contribution in [1.29, 1.82) is 0 Å². The van der Waals surface area contributed by atoms with Crippen LogP contribution < -0.4 is 5.32 Å². The summed E-state index contributed by atoms with van der Waals surface area (Å²) in [6.45, 7) is 4.98. The highest BCUT2D eigenvalue weighted by molar-refractivity contribution is 5.76. The number of hydrogen-bond donors (Lipinski definition) is 3. The maximum atomic E-state index is 12.4. The third-order valence-electron chi connectivity index (χ3n) is 17.8. The molecule has 0 aromatic rings. The predicted molar refractivity (Wildman–Crippen MR) is 357 cm³/mol. The first-order chi connectivity index (χ1) is 40.0. The highest BCUT2D eigenvalue weighted by Gasteiger charge is 2.20. The van der Waals surface area contributed by atoms with Crippen LogP contribution in [0.25, 0.3) is 0 Å². The zero-order valence-electron chi connectivity index (χ0n) is 55.3. The molecular weight excluding hydrogens is 995 g/mol. The molecular formula is C75H147NO5. The van der Waals surface area contributed by atoms with Gasteiger partial charge in [0.1, 0.15) is 0 Å². The molecule has 0 bridgehead atoms. The lowest BCUT2D eigenvalue weighted by Gasteiger charge is -2.22. The SMILES string of the molecule is CCCCCCCCCCCCCCCCCCCCC(=O)OCCCCCCCCCCCCCCCCCC/C=C\CCCCCCCCCCCCCCCCCCCC(=O)NC(CO)C(O)CCCCCCCCCCC. The molecule has 6 heteroatoms. The van der Waals surface area contributed by atoms with Crippen LogP contribution in [0, 0.1) is 0 Å². The van der Waals surface area contributed by atoms with E-state index in [9.17, 15) is 19.8 Å². The van der Waals surface area contributed by atoms with E-state index < -0.39 is 12.1 Å². The molecule has 6 nitrogen and oxygen atoms in total. The smallest absolute Gasteiger partial charge is 0.305 e. The van der Waals surface area contributed by atoms with E-state index in [4.69, 9.17) is 4.74 Å². The van der Waals surface area contributed by atoms with Gasteiger partial charge in [0, 0.05) is 12.8 Å². The Morgan fingerprint density at radius 2 is 0.580 bits per heavy atom. The Kier molecular flexibility index (Phi) is 69.9. The van der Waals surface area contributed by atoms with Crippen LogP contribution in [0.15, 0.2) is 12.2 Å². The number of unbranched alkanes of at least 4 members (excludes halogenated alkanes) is 58. The van der Waals surface area contributed by atoms with Gasteiger partial charge in [0.25, 0.3) is 0 Å². The van der Waals surface area contributed by atoms with Gasteiger partial charge in [0.05, 0.1) is 25.4 Å². The summed E-state index contributed by atoms with van der Waals surface area (Å²) >= 11 is 0. The molecule has 0 aliphatic carbocycles. The Labute approximate surface area is 508 Å². The summed E-state index contributed by atoms with van der Waals surface area (Å²) in [6, 6.07) is -0.535. The van der Waals surface area contributed by atoms with Crippen LogP contribution in [-0.2, 0) is 14.3 Å². The van der Waals surface area contributed by atoms with E-state index in [1.54, 1.807) is 0 Å². The van der Waals surface area contributed by atoms with Gasteiger partial charge in [-0.2, -0.15) is 0 Å². The normalized spacial score (nSPS) is 12.5. The molecule has 0 aliphatic rings. The van der Waals surface area contributed by atoms with Crippen LogP contribution in [0.2, 0.25) is 0 Å². The number of aliphatic hydroxyl groups is 2. The summed E-state index contributed by atoms with van der Waals surface area (Å²) < 4.78 is 5.52. The highest BCUT2D eigenvalue weighted by Crippen LogP contribution is 2.20. The van der Waals surface area contributed by atoms with Crippen LogP contribution in [0.5, 0.6) is 0 Å². The molecule has 81 heavy (non-hydrogen) atoms. The number of carbonyl (C=O) groups is 2. The molecule has 2 atom stereocenters. The Hall–Kier alpha value is -1.40. The molecule has 3 N–H and O–H groups in total. The van der Waals surface area contributed by atoms with Gasteiger partial charge in [-0.3, -0.25) is 9.59 Å². The van der Waals surface area contributed by atoms with Crippen molar-refractivity contribution in [3.05, 3.63) is 12.2 Å². The molecule has 0 saturated carbocycles. The van der Waals surface area contributed by atoms with Crippen molar-refractivity contribution in [2.75, 3.05) is 13.2 Å². The summed E-state index contributed by atoms with van der Waals surface area (Å²) in [4.78, 5) is 24.5. The van der Waals surface area contributed by atoms with E-state index in [-0.39, 0.29) is 18.5 Å². The van der Waals surface area contributed by atoms with Crippen molar-refractivity contribution in [2.24, 2.45) is 0 Å². The number of rotatable bonds is 71. The van der Waals surface area contributed by atoms with Crippen LogP contribution in [0.4, 0.5) is 0 Å². The van der Waals surface area contributed by atoms with Gasteiger partial charge in [-0.25, -0.2) is 0 Å². The van der Waals surface area contributed by atoms with Gasteiger partial charge < -0.3 is 20.3 Å². The fourth-order valence-electron chi connectivity index (χ4n) is 12.1. The number of carbonyl (C=O) groups excluding carboxylic acids is 2. The summed E-state index contributed by atoms with van der Waals surface area (Å²) in [5.74, 6) is -0.00432. The zero-order chi connectivity index (χ0) is 58.5. The maximum Gasteiger partial charge on any atom is 0.305 e. The second-order valence-corrected chi connectivity index (χ2v) is 26.0. The molecule has 0 aliphatic heterocycles. The summed E-state index contributed by atoms with van der Waals surface area (Å²) in [7, 11) is 0.